The van der Waals surface area contributed by atoms with Gasteiger partial charge < -0.3 is 20.1 Å². The van der Waals surface area contributed by atoms with Gasteiger partial charge in [0.15, 0.2) is 11.5 Å². The molecule has 90 valence electrons. The Hall–Kier alpha value is -1.88. The van der Waals surface area contributed by atoms with Gasteiger partial charge in [0, 0.05) is 6.07 Å². The molecule has 1 aromatic carbocycles. The van der Waals surface area contributed by atoms with Crippen LogP contribution >= 0.6 is 11.6 Å². The highest BCUT2D eigenvalue weighted by molar-refractivity contribution is 6.32. The summed E-state index contributed by atoms with van der Waals surface area (Å²) >= 11 is 5.95. The Balaban J connectivity index is 2.69. The normalized spacial score (nSPS) is 10.5. The molecule has 2 aromatic rings. The minimum atomic E-state index is -0.0780. The molecule has 0 spiro atoms. The second-order valence-electron chi connectivity index (χ2n) is 3.55. The van der Waals surface area contributed by atoms with Gasteiger partial charge in [0.1, 0.15) is 5.69 Å². The SMILES string of the molecule is COc1c(Cl)cc(C)c(-c2cc(N)on2)c1O. The molecule has 0 aliphatic rings. The fourth-order valence-corrected chi connectivity index (χ4v) is 2.00. The maximum absolute atomic E-state index is 10.1. The molecule has 0 fully saturated rings. The van der Waals surface area contributed by atoms with E-state index in [-0.39, 0.29) is 17.4 Å². The molecule has 0 amide bonds. The predicted octanol–water partition coefficient (Wildman–Crippen LogP) is 2.60. The number of nitrogens with zero attached hydrogens (tertiary/aromatic N) is 1. The van der Waals surface area contributed by atoms with Crippen LogP contribution in [0.25, 0.3) is 11.3 Å². The van der Waals surface area contributed by atoms with Gasteiger partial charge in [-0.3, -0.25) is 0 Å². The summed E-state index contributed by atoms with van der Waals surface area (Å²) in [7, 11) is 1.43. The first-order valence-corrected chi connectivity index (χ1v) is 5.21. The first-order chi connectivity index (χ1) is 8.04. The zero-order valence-corrected chi connectivity index (χ0v) is 10.1. The average molecular weight is 255 g/mol. The highest BCUT2D eigenvalue weighted by Gasteiger charge is 2.19. The van der Waals surface area contributed by atoms with E-state index in [1.165, 1.54) is 13.2 Å². The van der Waals surface area contributed by atoms with Crippen LogP contribution in [0.1, 0.15) is 5.56 Å². The van der Waals surface area contributed by atoms with E-state index >= 15 is 0 Å². The maximum Gasteiger partial charge on any atom is 0.222 e. The molecule has 1 aromatic heterocycles. The Kier molecular flexibility index (Phi) is 2.85. The number of phenolic OH excluding ortho intramolecular Hbond substituents is 1. The van der Waals surface area contributed by atoms with Crippen molar-refractivity contribution in [3.8, 4) is 22.8 Å². The van der Waals surface area contributed by atoms with Crippen molar-refractivity contribution in [1.82, 2.24) is 5.16 Å². The summed E-state index contributed by atoms with van der Waals surface area (Å²) in [6, 6.07) is 3.20. The Morgan fingerprint density at radius 2 is 2.18 bits per heavy atom. The van der Waals surface area contributed by atoms with Gasteiger partial charge in [0.05, 0.1) is 17.7 Å². The number of aromatic nitrogens is 1. The molecule has 0 unspecified atom stereocenters. The van der Waals surface area contributed by atoms with Crippen molar-refractivity contribution < 1.29 is 14.4 Å². The lowest BCUT2D eigenvalue weighted by atomic mass is 10.0. The molecule has 0 bridgehead atoms. The summed E-state index contributed by atoms with van der Waals surface area (Å²) < 4.78 is 9.80. The van der Waals surface area contributed by atoms with Crippen molar-refractivity contribution in [3.05, 3.63) is 22.7 Å². The fourth-order valence-electron chi connectivity index (χ4n) is 1.67. The number of aryl methyl sites for hydroxylation is 1. The van der Waals surface area contributed by atoms with Crippen LogP contribution in [-0.2, 0) is 0 Å². The number of hydrogen-bond donors (Lipinski definition) is 2. The highest BCUT2D eigenvalue weighted by atomic mass is 35.5. The Labute approximate surface area is 103 Å². The molecule has 0 saturated carbocycles. The van der Waals surface area contributed by atoms with Gasteiger partial charge in [-0.05, 0) is 18.6 Å². The monoisotopic (exact) mass is 254 g/mol. The smallest absolute Gasteiger partial charge is 0.222 e. The minimum absolute atomic E-state index is 0.0780. The third-order valence-electron chi connectivity index (χ3n) is 2.40. The number of hydrogen-bond acceptors (Lipinski definition) is 5. The standard InChI is InChI=1S/C11H11ClN2O3/c1-5-3-6(12)11(16-2)10(15)9(5)7-4-8(13)17-14-7/h3-4,15H,13H2,1-2H3. The first-order valence-electron chi connectivity index (χ1n) is 4.83. The summed E-state index contributed by atoms with van der Waals surface area (Å²) in [6.45, 7) is 1.80. The number of nitrogen functional groups attached to an aromatic ring is 1. The van der Waals surface area contributed by atoms with E-state index in [2.05, 4.69) is 5.16 Å². The van der Waals surface area contributed by atoms with E-state index in [4.69, 9.17) is 26.6 Å². The number of methoxy groups -OCH3 is 1. The van der Waals surface area contributed by atoms with Crippen molar-refractivity contribution in [1.29, 1.82) is 0 Å². The molecule has 17 heavy (non-hydrogen) atoms. The second kappa shape index (κ2) is 4.18. The molecule has 3 N–H and O–H groups in total. The van der Waals surface area contributed by atoms with Gasteiger partial charge in [0.25, 0.3) is 0 Å². The molecule has 2 rings (SSSR count). The topological polar surface area (TPSA) is 81.5 Å². The summed E-state index contributed by atoms with van der Waals surface area (Å²) in [4.78, 5) is 0. The van der Waals surface area contributed by atoms with Gasteiger partial charge in [-0.25, -0.2) is 0 Å². The van der Waals surface area contributed by atoms with Crippen LogP contribution in [0, 0.1) is 6.92 Å². The van der Waals surface area contributed by atoms with E-state index in [0.717, 1.165) is 5.56 Å². The zero-order chi connectivity index (χ0) is 12.6. The Morgan fingerprint density at radius 1 is 1.47 bits per heavy atom. The lowest BCUT2D eigenvalue weighted by Crippen LogP contribution is -1.91. The zero-order valence-electron chi connectivity index (χ0n) is 9.32. The van der Waals surface area contributed by atoms with E-state index in [0.29, 0.717) is 16.3 Å². The number of halogens is 1. The van der Waals surface area contributed by atoms with Crippen LogP contribution in [0.4, 0.5) is 5.88 Å². The second-order valence-corrected chi connectivity index (χ2v) is 3.95. The minimum Gasteiger partial charge on any atom is -0.504 e. The number of phenols is 1. The molecule has 1 heterocycles. The molecular formula is C11H11ClN2O3. The van der Waals surface area contributed by atoms with Gasteiger partial charge in [-0.2, -0.15) is 0 Å². The maximum atomic E-state index is 10.1. The van der Waals surface area contributed by atoms with E-state index in [1.54, 1.807) is 13.0 Å². The quantitative estimate of drug-likeness (QED) is 0.861. The average Bonchev–Trinajstić information content (AvgIpc) is 2.64. The Morgan fingerprint density at radius 3 is 2.71 bits per heavy atom. The summed E-state index contributed by atoms with van der Waals surface area (Å²) in [6.07, 6.45) is 0. The van der Waals surface area contributed by atoms with Gasteiger partial charge in [-0.1, -0.05) is 16.8 Å². The van der Waals surface area contributed by atoms with Gasteiger partial charge >= 0.3 is 0 Å². The van der Waals surface area contributed by atoms with Crippen molar-refractivity contribution in [2.45, 2.75) is 6.92 Å². The van der Waals surface area contributed by atoms with Crippen molar-refractivity contribution in [3.63, 3.8) is 0 Å². The molecule has 0 aliphatic heterocycles. The van der Waals surface area contributed by atoms with Crippen molar-refractivity contribution in [2.24, 2.45) is 0 Å². The number of nitrogens with two attached hydrogens (primary N) is 1. The van der Waals surface area contributed by atoms with Crippen LogP contribution in [0.5, 0.6) is 11.5 Å². The lowest BCUT2D eigenvalue weighted by molar-refractivity contribution is 0.374. The number of ether oxygens (including phenoxy) is 1. The fraction of sp³-hybridized carbons (Fsp3) is 0.182. The molecule has 0 atom stereocenters. The lowest BCUT2D eigenvalue weighted by Gasteiger charge is -2.11. The molecular weight excluding hydrogens is 244 g/mol. The Bertz CT molecular complexity index is 566. The van der Waals surface area contributed by atoms with Crippen LogP contribution < -0.4 is 10.5 Å². The number of aromatic hydroxyl groups is 1. The molecule has 0 saturated heterocycles. The molecule has 6 heteroatoms. The summed E-state index contributed by atoms with van der Waals surface area (Å²) in [5.41, 5.74) is 7.13. The first kappa shape index (κ1) is 11.6. The van der Waals surface area contributed by atoms with Crippen LogP contribution in [-0.4, -0.2) is 17.4 Å². The van der Waals surface area contributed by atoms with E-state index < -0.39 is 0 Å². The highest BCUT2D eigenvalue weighted by Crippen LogP contribution is 2.43. The van der Waals surface area contributed by atoms with Crippen molar-refractivity contribution >= 4 is 17.5 Å². The van der Waals surface area contributed by atoms with Crippen LogP contribution in [0.2, 0.25) is 5.02 Å². The number of anilines is 1. The largest absolute Gasteiger partial charge is 0.504 e. The third-order valence-corrected chi connectivity index (χ3v) is 2.68. The van der Waals surface area contributed by atoms with E-state index in [9.17, 15) is 5.11 Å². The summed E-state index contributed by atoms with van der Waals surface area (Å²) in [5, 5.41) is 14.2. The van der Waals surface area contributed by atoms with Crippen LogP contribution in [0.3, 0.4) is 0 Å². The van der Waals surface area contributed by atoms with Crippen LogP contribution in [0.15, 0.2) is 16.7 Å². The molecule has 0 aliphatic carbocycles. The number of benzene rings is 1. The molecule has 5 nitrogen and oxygen atoms in total. The van der Waals surface area contributed by atoms with Crippen molar-refractivity contribution in [2.75, 3.05) is 12.8 Å². The predicted molar refractivity (Wildman–Crippen MR) is 64.3 cm³/mol. The van der Waals surface area contributed by atoms with Gasteiger partial charge in [0.2, 0.25) is 5.88 Å². The summed E-state index contributed by atoms with van der Waals surface area (Å²) in [5.74, 6) is 0.298. The molecule has 0 radical (unpaired) electrons. The third kappa shape index (κ3) is 1.89. The van der Waals surface area contributed by atoms with Gasteiger partial charge in [-0.15, -0.1) is 0 Å². The van der Waals surface area contributed by atoms with E-state index in [1.807, 2.05) is 0 Å². The number of rotatable bonds is 2.